The van der Waals surface area contributed by atoms with Crippen LogP contribution in [-0.4, -0.2) is 31.7 Å². The zero-order valence-electron chi connectivity index (χ0n) is 14.0. The lowest BCUT2D eigenvalue weighted by atomic mass is 10.2. The summed E-state index contributed by atoms with van der Waals surface area (Å²) in [5.74, 6) is -0.985. The van der Waals surface area contributed by atoms with Crippen molar-refractivity contribution in [2.24, 2.45) is 0 Å². The maximum absolute atomic E-state index is 13.0. The molecule has 2 rings (SSSR count). The van der Waals surface area contributed by atoms with Crippen LogP contribution in [0.5, 0.6) is 0 Å². The normalized spacial score (nSPS) is 11.8. The standard InChI is InChI=1S/C17H18ClFN2O3S/c1-11(2)21(3)25(23,24)14-7-4-12(5-8-14)17(22)20-16-9-6-13(19)10-15(16)18/h4-11H,1-3H3,(H,20,22). The number of sulfonamides is 1. The zero-order chi connectivity index (χ0) is 18.8. The molecule has 0 saturated carbocycles. The Hall–Kier alpha value is -1.96. The first-order chi connectivity index (χ1) is 11.6. The highest BCUT2D eigenvalue weighted by molar-refractivity contribution is 7.89. The Labute approximate surface area is 151 Å². The molecule has 5 nitrogen and oxygen atoms in total. The van der Waals surface area contributed by atoms with Crippen molar-refractivity contribution in [3.63, 3.8) is 0 Å². The second-order valence-corrected chi connectivity index (χ2v) is 8.12. The van der Waals surface area contributed by atoms with Crippen LogP contribution in [0.2, 0.25) is 5.02 Å². The molecule has 25 heavy (non-hydrogen) atoms. The Kier molecular flexibility index (Phi) is 5.82. The van der Waals surface area contributed by atoms with Crippen molar-refractivity contribution in [1.29, 1.82) is 0 Å². The van der Waals surface area contributed by atoms with Crippen LogP contribution in [0, 0.1) is 5.82 Å². The van der Waals surface area contributed by atoms with Gasteiger partial charge in [0.15, 0.2) is 0 Å². The van der Waals surface area contributed by atoms with Gasteiger partial charge in [-0.1, -0.05) is 11.6 Å². The highest BCUT2D eigenvalue weighted by atomic mass is 35.5. The minimum atomic E-state index is -3.61. The van der Waals surface area contributed by atoms with Crippen LogP contribution in [0.3, 0.4) is 0 Å². The van der Waals surface area contributed by atoms with Crippen LogP contribution in [0.4, 0.5) is 10.1 Å². The molecule has 0 bridgehead atoms. The van der Waals surface area contributed by atoms with Crippen molar-refractivity contribution in [3.05, 3.63) is 58.9 Å². The highest BCUT2D eigenvalue weighted by Gasteiger charge is 2.23. The van der Waals surface area contributed by atoms with Crippen molar-refractivity contribution in [3.8, 4) is 0 Å². The summed E-state index contributed by atoms with van der Waals surface area (Å²) >= 11 is 5.87. The van der Waals surface area contributed by atoms with Crippen molar-refractivity contribution in [2.45, 2.75) is 24.8 Å². The van der Waals surface area contributed by atoms with Gasteiger partial charge < -0.3 is 5.32 Å². The molecule has 0 aliphatic heterocycles. The van der Waals surface area contributed by atoms with E-state index in [0.29, 0.717) is 0 Å². The fraction of sp³-hybridized carbons (Fsp3) is 0.235. The largest absolute Gasteiger partial charge is 0.321 e. The van der Waals surface area contributed by atoms with Gasteiger partial charge in [0.05, 0.1) is 15.6 Å². The Balaban J connectivity index is 2.21. The molecule has 0 radical (unpaired) electrons. The number of rotatable bonds is 5. The molecule has 0 heterocycles. The number of hydrogen-bond acceptors (Lipinski definition) is 3. The van der Waals surface area contributed by atoms with Gasteiger partial charge in [-0.15, -0.1) is 0 Å². The van der Waals surface area contributed by atoms with Gasteiger partial charge in [-0.2, -0.15) is 4.31 Å². The smallest absolute Gasteiger partial charge is 0.255 e. The Morgan fingerprint density at radius 3 is 2.28 bits per heavy atom. The van der Waals surface area contributed by atoms with Gasteiger partial charge >= 0.3 is 0 Å². The van der Waals surface area contributed by atoms with Crippen LogP contribution < -0.4 is 5.32 Å². The number of nitrogens with zero attached hydrogens (tertiary/aromatic N) is 1. The van der Waals surface area contributed by atoms with E-state index in [9.17, 15) is 17.6 Å². The summed E-state index contributed by atoms with van der Waals surface area (Å²) in [5.41, 5.74) is 0.524. The van der Waals surface area contributed by atoms with E-state index in [0.717, 1.165) is 6.07 Å². The summed E-state index contributed by atoms with van der Waals surface area (Å²) in [6.45, 7) is 3.54. The lowest BCUT2D eigenvalue weighted by Crippen LogP contribution is -2.33. The fourth-order valence-corrected chi connectivity index (χ4v) is 3.59. The molecule has 2 aromatic rings. The molecule has 0 aliphatic rings. The first-order valence-electron chi connectivity index (χ1n) is 7.47. The molecule has 134 valence electrons. The maximum Gasteiger partial charge on any atom is 0.255 e. The number of carbonyl (C=O) groups excluding carboxylic acids is 1. The van der Waals surface area contributed by atoms with Gasteiger partial charge in [0.25, 0.3) is 5.91 Å². The summed E-state index contributed by atoms with van der Waals surface area (Å²) < 4.78 is 39.1. The molecule has 2 aromatic carbocycles. The van der Waals surface area contributed by atoms with E-state index < -0.39 is 21.7 Å². The Bertz CT molecular complexity index is 883. The van der Waals surface area contributed by atoms with Crippen LogP contribution in [0.15, 0.2) is 47.4 Å². The van der Waals surface area contributed by atoms with Gasteiger partial charge in [0.1, 0.15) is 5.82 Å². The molecule has 0 saturated heterocycles. The molecule has 0 aliphatic carbocycles. The van der Waals surface area contributed by atoms with Crippen molar-refractivity contribution < 1.29 is 17.6 Å². The SMILES string of the molecule is CC(C)N(C)S(=O)(=O)c1ccc(C(=O)Nc2ccc(F)cc2Cl)cc1. The topological polar surface area (TPSA) is 66.5 Å². The third-order valence-corrected chi connectivity index (χ3v) is 6.06. The molecule has 1 N–H and O–H groups in total. The third-order valence-electron chi connectivity index (χ3n) is 3.70. The molecule has 0 spiro atoms. The molecular formula is C17H18ClFN2O3S. The van der Waals surface area contributed by atoms with E-state index in [4.69, 9.17) is 11.6 Å². The molecule has 0 aromatic heterocycles. The quantitative estimate of drug-likeness (QED) is 0.853. The predicted octanol–water partition coefficient (Wildman–Crippen LogP) is 3.76. The van der Waals surface area contributed by atoms with E-state index in [1.165, 1.54) is 47.8 Å². The third kappa shape index (κ3) is 4.36. The number of halogens is 2. The van der Waals surface area contributed by atoms with Gasteiger partial charge in [-0.3, -0.25) is 4.79 Å². The van der Waals surface area contributed by atoms with E-state index in [1.54, 1.807) is 13.8 Å². The molecule has 8 heteroatoms. The van der Waals surface area contributed by atoms with Gasteiger partial charge in [-0.05, 0) is 56.3 Å². The molecular weight excluding hydrogens is 367 g/mol. The van der Waals surface area contributed by atoms with E-state index in [-0.39, 0.29) is 27.2 Å². The lowest BCUT2D eigenvalue weighted by molar-refractivity contribution is 0.102. The van der Waals surface area contributed by atoms with E-state index in [2.05, 4.69) is 5.32 Å². The average Bonchev–Trinajstić information content (AvgIpc) is 2.56. The summed E-state index contributed by atoms with van der Waals surface area (Å²) in [4.78, 5) is 12.3. The summed E-state index contributed by atoms with van der Waals surface area (Å²) in [7, 11) is -2.12. The molecule has 0 unspecified atom stereocenters. The van der Waals surface area contributed by atoms with Crippen molar-refractivity contribution >= 4 is 33.2 Å². The number of nitrogens with one attached hydrogen (secondary N) is 1. The summed E-state index contributed by atoms with van der Waals surface area (Å²) in [6, 6.07) is 9.00. The van der Waals surface area contributed by atoms with Crippen molar-refractivity contribution in [1.82, 2.24) is 4.31 Å². The number of amides is 1. The van der Waals surface area contributed by atoms with Crippen LogP contribution in [-0.2, 0) is 10.0 Å². The maximum atomic E-state index is 13.0. The number of anilines is 1. The number of hydrogen-bond donors (Lipinski definition) is 1. The minimum Gasteiger partial charge on any atom is -0.321 e. The Morgan fingerprint density at radius 2 is 1.76 bits per heavy atom. The van der Waals surface area contributed by atoms with E-state index >= 15 is 0 Å². The van der Waals surface area contributed by atoms with E-state index in [1.807, 2.05) is 0 Å². The van der Waals surface area contributed by atoms with Gasteiger partial charge in [0.2, 0.25) is 10.0 Å². The Morgan fingerprint density at radius 1 is 1.16 bits per heavy atom. The lowest BCUT2D eigenvalue weighted by Gasteiger charge is -2.21. The van der Waals surface area contributed by atoms with Crippen molar-refractivity contribution in [2.75, 3.05) is 12.4 Å². The number of carbonyl (C=O) groups is 1. The fourth-order valence-electron chi connectivity index (χ4n) is 2.01. The summed E-state index contributed by atoms with van der Waals surface area (Å²) in [5, 5.41) is 2.63. The van der Waals surface area contributed by atoms with Crippen LogP contribution in [0.25, 0.3) is 0 Å². The number of benzene rings is 2. The average molecular weight is 385 g/mol. The second kappa shape index (κ2) is 7.51. The molecule has 0 atom stereocenters. The first-order valence-corrected chi connectivity index (χ1v) is 9.29. The minimum absolute atomic E-state index is 0.0751. The zero-order valence-corrected chi connectivity index (χ0v) is 15.5. The van der Waals surface area contributed by atoms with Crippen LogP contribution in [0.1, 0.15) is 24.2 Å². The predicted molar refractivity (Wildman–Crippen MR) is 95.9 cm³/mol. The van der Waals surface area contributed by atoms with Gasteiger partial charge in [0, 0.05) is 18.7 Å². The highest BCUT2D eigenvalue weighted by Crippen LogP contribution is 2.23. The second-order valence-electron chi connectivity index (χ2n) is 5.72. The molecule has 1 amide bonds. The monoisotopic (exact) mass is 384 g/mol. The summed E-state index contributed by atoms with van der Waals surface area (Å²) in [6.07, 6.45) is 0. The molecule has 0 fully saturated rings. The van der Waals surface area contributed by atoms with Crippen LogP contribution >= 0.6 is 11.6 Å². The van der Waals surface area contributed by atoms with Gasteiger partial charge in [-0.25, -0.2) is 12.8 Å². The first kappa shape index (κ1) is 19.4.